The third kappa shape index (κ3) is 2.45. The quantitative estimate of drug-likeness (QED) is 0.466. The van der Waals surface area contributed by atoms with Gasteiger partial charge in [0.2, 0.25) is 0 Å². The number of aromatic hydroxyl groups is 1. The lowest BCUT2D eigenvalue weighted by atomic mass is 10.2. The number of nitrogens with zero attached hydrogens (tertiary/aromatic N) is 7. The van der Waals surface area contributed by atoms with Crippen LogP contribution in [0.15, 0.2) is 61.1 Å². The van der Waals surface area contributed by atoms with Crippen LogP contribution in [0.1, 0.15) is 0 Å². The Morgan fingerprint density at radius 1 is 0.875 bits per heavy atom. The van der Waals surface area contributed by atoms with Gasteiger partial charge in [-0.05, 0) is 46.8 Å². The minimum Gasteiger partial charge on any atom is -0.507 e. The summed E-state index contributed by atoms with van der Waals surface area (Å²) in [4.78, 5) is 12.2. The molecule has 24 heavy (non-hydrogen) atoms. The molecule has 0 saturated carbocycles. The molecule has 0 bridgehead atoms. The van der Waals surface area contributed by atoms with E-state index in [4.69, 9.17) is 0 Å². The van der Waals surface area contributed by atoms with Crippen molar-refractivity contribution < 1.29 is 5.11 Å². The SMILES string of the molecule is Oc1cc2nnnn2c2ncccc12.c1cnc2ncccc2c1. The van der Waals surface area contributed by atoms with Crippen molar-refractivity contribution in [3.8, 4) is 5.75 Å². The van der Waals surface area contributed by atoms with Crippen LogP contribution < -0.4 is 0 Å². The van der Waals surface area contributed by atoms with Crippen molar-refractivity contribution in [1.82, 2.24) is 35.0 Å². The lowest BCUT2D eigenvalue weighted by Gasteiger charge is -1.99. The number of hydrogen-bond donors (Lipinski definition) is 1. The molecule has 8 heteroatoms. The molecule has 0 aliphatic rings. The third-order valence-corrected chi connectivity index (χ3v) is 3.40. The van der Waals surface area contributed by atoms with Crippen molar-refractivity contribution in [1.29, 1.82) is 0 Å². The Labute approximate surface area is 135 Å². The Balaban J connectivity index is 0.000000129. The molecule has 5 aromatic rings. The number of pyridine rings is 4. The Morgan fingerprint density at radius 2 is 1.58 bits per heavy atom. The summed E-state index contributed by atoms with van der Waals surface area (Å²) in [6, 6.07) is 12.8. The van der Waals surface area contributed by atoms with Crippen molar-refractivity contribution in [2.75, 3.05) is 0 Å². The molecule has 116 valence electrons. The molecule has 0 aliphatic carbocycles. The van der Waals surface area contributed by atoms with E-state index in [-0.39, 0.29) is 5.75 Å². The predicted molar refractivity (Wildman–Crippen MR) is 87.3 cm³/mol. The molecular weight excluding hydrogens is 306 g/mol. The molecule has 8 nitrogen and oxygen atoms in total. The molecule has 0 unspecified atom stereocenters. The first-order valence-corrected chi connectivity index (χ1v) is 7.13. The van der Waals surface area contributed by atoms with Crippen molar-refractivity contribution in [3.63, 3.8) is 0 Å². The fourth-order valence-corrected chi connectivity index (χ4v) is 2.31. The number of rotatable bonds is 0. The van der Waals surface area contributed by atoms with Crippen LogP contribution in [0.3, 0.4) is 0 Å². The zero-order valence-corrected chi connectivity index (χ0v) is 12.4. The summed E-state index contributed by atoms with van der Waals surface area (Å²) in [5, 5.41) is 22.4. The molecule has 0 radical (unpaired) electrons. The number of fused-ring (bicyclic) bond motifs is 4. The number of tetrazole rings is 1. The minimum absolute atomic E-state index is 0.135. The summed E-state index contributed by atoms with van der Waals surface area (Å²) >= 11 is 0. The molecule has 5 rings (SSSR count). The van der Waals surface area contributed by atoms with Crippen molar-refractivity contribution >= 4 is 27.7 Å². The Hall–Kier alpha value is -3.68. The van der Waals surface area contributed by atoms with E-state index in [2.05, 4.69) is 30.5 Å². The van der Waals surface area contributed by atoms with Crippen LogP contribution in [0.25, 0.3) is 27.7 Å². The maximum atomic E-state index is 9.64. The van der Waals surface area contributed by atoms with E-state index in [9.17, 15) is 5.11 Å². The summed E-state index contributed by atoms with van der Waals surface area (Å²) in [5.41, 5.74) is 1.84. The van der Waals surface area contributed by atoms with Crippen LogP contribution in [0.4, 0.5) is 0 Å². The van der Waals surface area contributed by atoms with Crippen LogP contribution in [0.2, 0.25) is 0 Å². The highest BCUT2D eigenvalue weighted by Gasteiger charge is 2.07. The first-order valence-electron chi connectivity index (χ1n) is 7.13. The Kier molecular flexibility index (Phi) is 3.39. The van der Waals surface area contributed by atoms with E-state index >= 15 is 0 Å². The van der Waals surface area contributed by atoms with Gasteiger partial charge in [0, 0.05) is 30.0 Å². The highest BCUT2D eigenvalue weighted by molar-refractivity contribution is 5.84. The molecule has 1 N–H and O–H groups in total. The fraction of sp³-hybridized carbons (Fsp3) is 0. The lowest BCUT2D eigenvalue weighted by molar-refractivity contribution is 0.481. The van der Waals surface area contributed by atoms with Gasteiger partial charge < -0.3 is 5.11 Å². The average Bonchev–Trinajstić information content (AvgIpc) is 3.11. The van der Waals surface area contributed by atoms with Gasteiger partial charge in [-0.3, -0.25) is 0 Å². The second kappa shape index (κ2) is 5.84. The van der Waals surface area contributed by atoms with Crippen molar-refractivity contribution in [2.45, 2.75) is 0 Å². The predicted octanol–water partition coefficient (Wildman–Crippen LogP) is 2.01. The second-order valence-corrected chi connectivity index (χ2v) is 4.91. The van der Waals surface area contributed by atoms with Gasteiger partial charge in [-0.1, -0.05) is 0 Å². The van der Waals surface area contributed by atoms with Gasteiger partial charge in [-0.15, -0.1) is 5.10 Å². The minimum atomic E-state index is 0.135. The van der Waals surface area contributed by atoms with Crippen LogP contribution in [-0.4, -0.2) is 40.1 Å². The standard InChI is InChI=1S/C8H5N5O.C8H6N2/c14-6-4-7-10-11-12-13(7)8-5(6)2-1-3-9-8;1-3-7-4-2-6-10-8(7)9-5-1/h1-4,14H;1-6H. The van der Waals surface area contributed by atoms with E-state index in [1.807, 2.05) is 24.3 Å². The number of aromatic nitrogens is 7. The number of hydrogen-bond acceptors (Lipinski definition) is 7. The molecule has 0 spiro atoms. The zero-order valence-electron chi connectivity index (χ0n) is 12.4. The average molecular weight is 317 g/mol. The van der Waals surface area contributed by atoms with E-state index in [0.29, 0.717) is 16.7 Å². The summed E-state index contributed by atoms with van der Waals surface area (Å²) in [6.45, 7) is 0. The summed E-state index contributed by atoms with van der Waals surface area (Å²) in [7, 11) is 0. The molecule has 5 aromatic heterocycles. The van der Waals surface area contributed by atoms with Gasteiger partial charge in [-0.25, -0.2) is 15.0 Å². The third-order valence-electron chi connectivity index (χ3n) is 3.40. The van der Waals surface area contributed by atoms with E-state index < -0.39 is 0 Å². The Bertz CT molecular complexity index is 1070. The molecule has 5 heterocycles. The summed E-state index contributed by atoms with van der Waals surface area (Å²) in [5.74, 6) is 0.135. The molecule has 0 aromatic carbocycles. The monoisotopic (exact) mass is 317 g/mol. The summed E-state index contributed by atoms with van der Waals surface area (Å²) < 4.78 is 1.48. The lowest BCUT2D eigenvalue weighted by Crippen LogP contribution is -1.93. The summed E-state index contributed by atoms with van der Waals surface area (Å²) in [6.07, 6.45) is 5.12. The van der Waals surface area contributed by atoms with E-state index in [1.165, 1.54) is 10.6 Å². The van der Waals surface area contributed by atoms with Crippen LogP contribution in [-0.2, 0) is 0 Å². The molecule has 0 fully saturated rings. The van der Waals surface area contributed by atoms with Crippen molar-refractivity contribution in [2.24, 2.45) is 0 Å². The maximum absolute atomic E-state index is 9.64. The van der Waals surface area contributed by atoms with Gasteiger partial charge in [0.15, 0.2) is 16.9 Å². The van der Waals surface area contributed by atoms with Gasteiger partial charge in [0.1, 0.15) is 5.75 Å². The normalized spacial score (nSPS) is 10.7. The molecule has 0 atom stereocenters. The highest BCUT2D eigenvalue weighted by atomic mass is 16.3. The van der Waals surface area contributed by atoms with E-state index in [0.717, 1.165) is 11.0 Å². The molecule has 0 aliphatic heterocycles. The highest BCUT2D eigenvalue weighted by Crippen LogP contribution is 2.23. The molecule has 0 amide bonds. The van der Waals surface area contributed by atoms with Crippen molar-refractivity contribution in [3.05, 3.63) is 61.1 Å². The first kappa shape index (κ1) is 13.9. The fourth-order valence-electron chi connectivity index (χ4n) is 2.31. The Morgan fingerprint density at radius 3 is 2.33 bits per heavy atom. The van der Waals surface area contributed by atoms with Crippen LogP contribution in [0.5, 0.6) is 5.75 Å². The topological polar surface area (TPSA) is 102 Å². The van der Waals surface area contributed by atoms with Gasteiger partial charge in [-0.2, -0.15) is 4.52 Å². The molecular formula is C16H11N7O. The zero-order chi connectivity index (χ0) is 16.4. The van der Waals surface area contributed by atoms with Gasteiger partial charge in [0.25, 0.3) is 0 Å². The van der Waals surface area contributed by atoms with E-state index in [1.54, 1.807) is 30.7 Å². The maximum Gasteiger partial charge on any atom is 0.185 e. The van der Waals surface area contributed by atoms with Crippen LogP contribution >= 0.6 is 0 Å². The molecule has 0 saturated heterocycles. The van der Waals surface area contributed by atoms with Gasteiger partial charge in [0.05, 0.1) is 5.39 Å². The first-order chi connectivity index (χ1) is 11.8. The smallest absolute Gasteiger partial charge is 0.185 e. The van der Waals surface area contributed by atoms with Gasteiger partial charge >= 0.3 is 0 Å². The second-order valence-electron chi connectivity index (χ2n) is 4.91. The van der Waals surface area contributed by atoms with Crippen LogP contribution in [0, 0.1) is 0 Å². The largest absolute Gasteiger partial charge is 0.507 e.